The first kappa shape index (κ1) is 14.4. The van der Waals surface area contributed by atoms with Gasteiger partial charge in [0.2, 0.25) is 0 Å². The number of hydrogen-bond donors (Lipinski definition) is 2. The van der Waals surface area contributed by atoms with E-state index in [2.05, 4.69) is 15.3 Å². The SMILES string of the molecule is C[C@H](Nc1cnc2ccccc2n1)[C@H](O)c1ccc(F)cc1. The van der Waals surface area contributed by atoms with Crippen molar-refractivity contribution in [2.45, 2.75) is 19.1 Å². The Hall–Kier alpha value is -2.53. The number of rotatable bonds is 4. The number of fused-ring (bicyclic) bond motifs is 1. The van der Waals surface area contributed by atoms with E-state index in [0.717, 1.165) is 11.0 Å². The van der Waals surface area contributed by atoms with Crippen molar-refractivity contribution in [3.05, 3.63) is 66.1 Å². The van der Waals surface area contributed by atoms with Gasteiger partial charge < -0.3 is 10.4 Å². The average Bonchev–Trinajstić information content (AvgIpc) is 2.55. The van der Waals surface area contributed by atoms with E-state index < -0.39 is 6.10 Å². The Morgan fingerprint density at radius 3 is 2.45 bits per heavy atom. The molecule has 2 aromatic carbocycles. The van der Waals surface area contributed by atoms with E-state index in [1.165, 1.54) is 12.1 Å². The molecule has 0 saturated heterocycles. The molecular formula is C17H16FN3O. The van der Waals surface area contributed by atoms with Crippen molar-refractivity contribution in [1.29, 1.82) is 0 Å². The molecule has 3 rings (SSSR count). The first-order valence-corrected chi connectivity index (χ1v) is 7.05. The molecule has 3 aromatic rings. The molecule has 0 fully saturated rings. The smallest absolute Gasteiger partial charge is 0.145 e. The summed E-state index contributed by atoms with van der Waals surface area (Å²) in [6.45, 7) is 1.84. The second-order valence-electron chi connectivity index (χ2n) is 5.17. The molecule has 0 amide bonds. The summed E-state index contributed by atoms with van der Waals surface area (Å²) in [4.78, 5) is 8.78. The van der Waals surface area contributed by atoms with Gasteiger partial charge in [-0.25, -0.2) is 9.37 Å². The zero-order valence-electron chi connectivity index (χ0n) is 12.1. The molecule has 0 bridgehead atoms. The fourth-order valence-electron chi connectivity index (χ4n) is 2.29. The molecule has 112 valence electrons. The summed E-state index contributed by atoms with van der Waals surface area (Å²) in [6.07, 6.45) is 0.866. The van der Waals surface area contributed by atoms with Crippen molar-refractivity contribution in [3.8, 4) is 0 Å². The Balaban J connectivity index is 1.77. The highest BCUT2D eigenvalue weighted by Gasteiger charge is 2.17. The molecule has 0 unspecified atom stereocenters. The zero-order valence-corrected chi connectivity index (χ0v) is 12.1. The van der Waals surface area contributed by atoms with Gasteiger partial charge in [0, 0.05) is 0 Å². The van der Waals surface area contributed by atoms with Gasteiger partial charge in [0.25, 0.3) is 0 Å². The highest BCUT2D eigenvalue weighted by molar-refractivity contribution is 5.75. The lowest BCUT2D eigenvalue weighted by molar-refractivity contribution is 0.160. The molecule has 5 heteroatoms. The van der Waals surface area contributed by atoms with Crippen molar-refractivity contribution in [3.63, 3.8) is 0 Å². The molecule has 0 aliphatic heterocycles. The maximum Gasteiger partial charge on any atom is 0.145 e. The van der Waals surface area contributed by atoms with Gasteiger partial charge in [0.1, 0.15) is 11.6 Å². The van der Waals surface area contributed by atoms with Crippen molar-refractivity contribution >= 4 is 16.9 Å². The van der Waals surface area contributed by atoms with E-state index in [4.69, 9.17) is 0 Å². The summed E-state index contributed by atoms with van der Waals surface area (Å²) >= 11 is 0. The van der Waals surface area contributed by atoms with Crippen LogP contribution in [-0.2, 0) is 0 Å². The van der Waals surface area contributed by atoms with Gasteiger partial charge in [-0.1, -0.05) is 24.3 Å². The van der Waals surface area contributed by atoms with Crippen LogP contribution >= 0.6 is 0 Å². The van der Waals surface area contributed by atoms with Crippen molar-refractivity contribution in [2.24, 2.45) is 0 Å². The van der Waals surface area contributed by atoms with Gasteiger partial charge in [0.15, 0.2) is 0 Å². The monoisotopic (exact) mass is 297 g/mol. The van der Waals surface area contributed by atoms with E-state index in [9.17, 15) is 9.50 Å². The minimum Gasteiger partial charge on any atom is -0.386 e. The third-order valence-electron chi connectivity index (χ3n) is 3.51. The number of hydrogen-bond acceptors (Lipinski definition) is 4. The van der Waals surface area contributed by atoms with Gasteiger partial charge in [-0.15, -0.1) is 0 Å². The van der Waals surface area contributed by atoms with Gasteiger partial charge in [0.05, 0.1) is 29.4 Å². The number of anilines is 1. The van der Waals surface area contributed by atoms with Crippen LogP contribution in [0.1, 0.15) is 18.6 Å². The van der Waals surface area contributed by atoms with Crippen molar-refractivity contribution < 1.29 is 9.50 Å². The summed E-state index contributed by atoms with van der Waals surface area (Å²) in [7, 11) is 0. The fraction of sp³-hybridized carbons (Fsp3) is 0.176. The van der Waals surface area contributed by atoms with E-state index in [1.807, 2.05) is 31.2 Å². The van der Waals surface area contributed by atoms with Crippen LogP contribution in [0.2, 0.25) is 0 Å². The van der Waals surface area contributed by atoms with E-state index in [-0.39, 0.29) is 11.9 Å². The zero-order chi connectivity index (χ0) is 15.5. The Kier molecular flexibility index (Phi) is 3.98. The first-order chi connectivity index (χ1) is 10.6. The molecule has 0 aliphatic rings. The van der Waals surface area contributed by atoms with Crippen LogP contribution in [0.4, 0.5) is 10.2 Å². The third-order valence-corrected chi connectivity index (χ3v) is 3.51. The molecule has 0 aliphatic carbocycles. The maximum atomic E-state index is 12.9. The number of benzene rings is 2. The number of aliphatic hydroxyl groups is 1. The number of aromatic nitrogens is 2. The molecule has 1 aromatic heterocycles. The number of nitrogens with zero attached hydrogens (tertiary/aromatic N) is 2. The molecule has 0 radical (unpaired) electrons. The van der Waals surface area contributed by atoms with Crippen LogP contribution < -0.4 is 5.32 Å². The van der Waals surface area contributed by atoms with Crippen molar-refractivity contribution in [2.75, 3.05) is 5.32 Å². The van der Waals surface area contributed by atoms with E-state index in [0.29, 0.717) is 11.4 Å². The Morgan fingerprint density at radius 2 is 1.73 bits per heavy atom. The van der Waals surface area contributed by atoms with Crippen LogP contribution in [0.25, 0.3) is 11.0 Å². The number of aliphatic hydroxyl groups excluding tert-OH is 1. The van der Waals surface area contributed by atoms with Gasteiger partial charge in [-0.05, 0) is 36.8 Å². The second kappa shape index (κ2) is 6.07. The average molecular weight is 297 g/mol. The second-order valence-corrected chi connectivity index (χ2v) is 5.17. The molecule has 1 heterocycles. The lowest BCUT2D eigenvalue weighted by Gasteiger charge is -2.21. The molecule has 4 nitrogen and oxygen atoms in total. The lowest BCUT2D eigenvalue weighted by atomic mass is 10.0. The highest BCUT2D eigenvalue weighted by atomic mass is 19.1. The minimum absolute atomic E-state index is 0.291. The van der Waals surface area contributed by atoms with Gasteiger partial charge >= 0.3 is 0 Å². The molecular weight excluding hydrogens is 281 g/mol. The molecule has 2 N–H and O–H groups in total. The number of para-hydroxylation sites is 2. The predicted molar refractivity (Wildman–Crippen MR) is 84.0 cm³/mol. The summed E-state index contributed by atoms with van der Waals surface area (Å²) in [5.74, 6) is 0.268. The lowest BCUT2D eigenvalue weighted by Crippen LogP contribution is -2.24. The molecule has 0 spiro atoms. The standard InChI is InChI=1S/C17H16FN3O/c1-11(17(22)12-6-8-13(18)9-7-12)20-16-10-19-14-4-2-3-5-15(14)21-16/h2-11,17,22H,1H3,(H,20,21)/t11-,17-/m0/s1. The quantitative estimate of drug-likeness (QED) is 0.775. The van der Waals surface area contributed by atoms with Gasteiger partial charge in [-0.3, -0.25) is 4.98 Å². The Labute approximate surface area is 127 Å². The molecule has 0 saturated carbocycles. The van der Waals surface area contributed by atoms with Crippen LogP contribution in [0, 0.1) is 5.82 Å². The van der Waals surface area contributed by atoms with Crippen LogP contribution in [0.5, 0.6) is 0 Å². The Bertz CT molecular complexity index is 776. The third kappa shape index (κ3) is 3.04. The summed E-state index contributed by atoms with van der Waals surface area (Å²) in [5.41, 5.74) is 2.26. The normalized spacial score (nSPS) is 13.8. The summed E-state index contributed by atoms with van der Waals surface area (Å²) in [6, 6.07) is 13.1. The predicted octanol–water partition coefficient (Wildman–Crippen LogP) is 3.30. The van der Waals surface area contributed by atoms with E-state index in [1.54, 1.807) is 18.3 Å². The summed E-state index contributed by atoms with van der Waals surface area (Å²) in [5, 5.41) is 13.5. The van der Waals surface area contributed by atoms with Crippen molar-refractivity contribution in [1.82, 2.24) is 9.97 Å². The van der Waals surface area contributed by atoms with Crippen LogP contribution in [-0.4, -0.2) is 21.1 Å². The van der Waals surface area contributed by atoms with Gasteiger partial charge in [-0.2, -0.15) is 0 Å². The number of nitrogens with one attached hydrogen (secondary N) is 1. The fourth-order valence-corrected chi connectivity index (χ4v) is 2.29. The largest absolute Gasteiger partial charge is 0.386 e. The van der Waals surface area contributed by atoms with E-state index >= 15 is 0 Å². The summed E-state index contributed by atoms with van der Waals surface area (Å²) < 4.78 is 12.9. The number of halogens is 1. The minimum atomic E-state index is -0.770. The Morgan fingerprint density at radius 1 is 1.05 bits per heavy atom. The first-order valence-electron chi connectivity index (χ1n) is 7.05. The molecule has 22 heavy (non-hydrogen) atoms. The van der Waals surface area contributed by atoms with Crippen LogP contribution in [0.15, 0.2) is 54.7 Å². The topological polar surface area (TPSA) is 58.0 Å². The van der Waals surface area contributed by atoms with Crippen LogP contribution in [0.3, 0.4) is 0 Å². The highest BCUT2D eigenvalue weighted by Crippen LogP contribution is 2.20. The molecule has 2 atom stereocenters. The maximum absolute atomic E-state index is 12.9.